The monoisotopic (exact) mass is 236 g/mol. The van der Waals surface area contributed by atoms with Crippen molar-refractivity contribution < 1.29 is 4.74 Å². The molecule has 0 aliphatic rings. The first-order valence-electron chi connectivity index (χ1n) is 4.88. The number of alkyl halides is 1. The second-order valence-corrected chi connectivity index (χ2v) is 3.85. The van der Waals surface area contributed by atoms with Gasteiger partial charge in [0, 0.05) is 18.5 Å². The summed E-state index contributed by atoms with van der Waals surface area (Å²) in [6.07, 6.45) is 3.66. The Morgan fingerprint density at radius 1 is 1.17 bits per heavy atom. The van der Waals surface area contributed by atoms with Gasteiger partial charge in [0.2, 0.25) is 0 Å². The fraction of sp³-hybridized carbons (Fsp3) is 1.00. The summed E-state index contributed by atoms with van der Waals surface area (Å²) < 4.78 is 5.37. The standard InChI is InChI=1S/C10H21BrO/c1-4-10(5-2,9-11)7-8-12-6-3/h4-9H2,1-3H3. The maximum Gasteiger partial charge on any atom is 0.0471 e. The van der Waals surface area contributed by atoms with E-state index in [1.165, 1.54) is 19.3 Å². The maximum atomic E-state index is 5.37. The van der Waals surface area contributed by atoms with Gasteiger partial charge >= 0.3 is 0 Å². The molecule has 12 heavy (non-hydrogen) atoms. The van der Waals surface area contributed by atoms with Gasteiger partial charge in [-0.2, -0.15) is 0 Å². The first kappa shape index (κ1) is 12.4. The van der Waals surface area contributed by atoms with Crippen LogP contribution in [0.5, 0.6) is 0 Å². The van der Waals surface area contributed by atoms with E-state index < -0.39 is 0 Å². The van der Waals surface area contributed by atoms with Crippen molar-refractivity contribution in [3.05, 3.63) is 0 Å². The van der Waals surface area contributed by atoms with Crippen LogP contribution >= 0.6 is 15.9 Å². The smallest absolute Gasteiger partial charge is 0.0471 e. The third-order valence-electron chi connectivity index (χ3n) is 2.76. The summed E-state index contributed by atoms with van der Waals surface area (Å²) in [7, 11) is 0. The molecule has 0 N–H and O–H groups in total. The van der Waals surface area contributed by atoms with Crippen LogP contribution in [0.25, 0.3) is 0 Å². The van der Waals surface area contributed by atoms with Crippen LogP contribution in [0, 0.1) is 5.41 Å². The molecule has 0 atom stereocenters. The average molecular weight is 237 g/mol. The SMILES string of the molecule is CCOCCC(CC)(CC)CBr. The molecular weight excluding hydrogens is 216 g/mol. The largest absolute Gasteiger partial charge is 0.382 e. The van der Waals surface area contributed by atoms with Crippen LogP contribution in [0.4, 0.5) is 0 Å². The van der Waals surface area contributed by atoms with Gasteiger partial charge in [-0.15, -0.1) is 0 Å². The molecule has 0 radical (unpaired) electrons. The van der Waals surface area contributed by atoms with Gasteiger partial charge in [0.15, 0.2) is 0 Å². The van der Waals surface area contributed by atoms with Gasteiger partial charge in [-0.1, -0.05) is 29.8 Å². The van der Waals surface area contributed by atoms with E-state index in [-0.39, 0.29) is 0 Å². The van der Waals surface area contributed by atoms with Crippen LogP contribution in [-0.4, -0.2) is 18.5 Å². The van der Waals surface area contributed by atoms with E-state index >= 15 is 0 Å². The topological polar surface area (TPSA) is 9.23 Å². The molecule has 2 heteroatoms. The number of hydrogen-bond donors (Lipinski definition) is 0. The van der Waals surface area contributed by atoms with Crippen molar-refractivity contribution in [1.82, 2.24) is 0 Å². The number of hydrogen-bond acceptors (Lipinski definition) is 1. The lowest BCUT2D eigenvalue weighted by molar-refractivity contribution is 0.107. The third kappa shape index (κ3) is 3.90. The highest BCUT2D eigenvalue weighted by atomic mass is 79.9. The van der Waals surface area contributed by atoms with E-state index in [2.05, 4.69) is 29.8 Å². The van der Waals surface area contributed by atoms with Crippen molar-refractivity contribution in [3.8, 4) is 0 Å². The van der Waals surface area contributed by atoms with Crippen LogP contribution in [-0.2, 0) is 4.74 Å². The summed E-state index contributed by atoms with van der Waals surface area (Å²) in [5.74, 6) is 0. The Balaban J connectivity index is 3.76. The summed E-state index contributed by atoms with van der Waals surface area (Å²) in [5.41, 5.74) is 0.467. The Morgan fingerprint density at radius 3 is 2.08 bits per heavy atom. The Labute approximate surface area is 85.0 Å². The molecule has 0 aliphatic heterocycles. The lowest BCUT2D eigenvalue weighted by Crippen LogP contribution is -2.22. The van der Waals surface area contributed by atoms with E-state index in [9.17, 15) is 0 Å². The molecule has 0 rings (SSSR count). The molecule has 0 unspecified atom stereocenters. The van der Waals surface area contributed by atoms with Crippen LogP contribution in [0.2, 0.25) is 0 Å². The normalized spacial score (nSPS) is 12.0. The van der Waals surface area contributed by atoms with Crippen LogP contribution in [0.3, 0.4) is 0 Å². The van der Waals surface area contributed by atoms with E-state index in [1.54, 1.807) is 0 Å². The minimum absolute atomic E-state index is 0.467. The predicted octanol–water partition coefficient (Wildman–Crippen LogP) is 3.61. The van der Waals surface area contributed by atoms with Crippen LogP contribution < -0.4 is 0 Å². The molecule has 0 spiro atoms. The zero-order valence-electron chi connectivity index (χ0n) is 8.53. The molecule has 0 bridgehead atoms. The second-order valence-electron chi connectivity index (χ2n) is 3.29. The van der Waals surface area contributed by atoms with Gasteiger partial charge in [-0.25, -0.2) is 0 Å². The van der Waals surface area contributed by atoms with E-state index in [4.69, 9.17) is 4.74 Å². The number of halogens is 1. The Morgan fingerprint density at radius 2 is 1.75 bits per heavy atom. The molecule has 0 aromatic rings. The average Bonchev–Trinajstić information content (AvgIpc) is 2.14. The highest BCUT2D eigenvalue weighted by Gasteiger charge is 2.23. The quantitative estimate of drug-likeness (QED) is 0.485. The molecule has 0 aromatic carbocycles. The van der Waals surface area contributed by atoms with Crippen LogP contribution in [0.1, 0.15) is 40.0 Å². The van der Waals surface area contributed by atoms with Crippen LogP contribution in [0.15, 0.2) is 0 Å². The molecule has 0 heterocycles. The second kappa shape index (κ2) is 6.90. The van der Waals surface area contributed by atoms with Crippen molar-refractivity contribution in [1.29, 1.82) is 0 Å². The molecule has 0 fully saturated rings. The molecule has 74 valence electrons. The van der Waals surface area contributed by atoms with Gasteiger partial charge in [0.25, 0.3) is 0 Å². The first-order chi connectivity index (χ1) is 5.74. The van der Waals surface area contributed by atoms with E-state index in [0.29, 0.717) is 5.41 Å². The van der Waals surface area contributed by atoms with Gasteiger partial charge in [-0.05, 0) is 31.6 Å². The zero-order valence-corrected chi connectivity index (χ0v) is 10.1. The lowest BCUT2D eigenvalue weighted by Gasteiger charge is -2.29. The molecular formula is C10H21BrO. The Kier molecular flexibility index (Phi) is 7.16. The minimum Gasteiger partial charge on any atom is -0.382 e. The fourth-order valence-electron chi connectivity index (χ4n) is 1.29. The summed E-state index contributed by atoms with van der Waals surface area (Å²) in [6.45, 7) is 8.32. The van der Waals surface area contributed by atoms with E-state index in [0.717, 1.165) is 18.5 Å². The summed E-state index contributed by atoms with van der Waals surface area (Å²) >= 11 is 3.59. The van der Waals surface area contributed by atoms with Crippen molar-refractivity contribution in [2.24, 2.45) is 5.41 Å². The van der Waals surface area contributed by atoms with Crippen molar-refractivity contribution in [2.75, 3.05) is 18.5 Å². The van der Waals surface area contributed by atoms with Gasteiger partial charge in [0.1, 0.15) is 0 Å². The first-order valence-corrected chi connectivity index (χ1v) is 6.00. The predicted molar refractivity (Wildman–Crippen MR) is 57.9 cm³/mol. The molecule has 0 aliphatic carbocycles. The highest BCUT2D eigenvalue weighted by Crippen LogP contribution is 2.32. The number of ether oxygens (including phenoxy) is 1. The molecule has 0 saturated heterocycles. The zero-order chi connectivity index (χ0) is 9.45. The molecule has 1 nitrogen and oxygen atoms in total. The Bertz CT molecular complexity index is 91.7. The third-order valence-corrected chi connectivity index (χ3v) is 3.95. The summed E-state index contributed by atoms with van der Waals surface area (Å²) in [4.78, 5) is 0. The molecule has 0 saturated carbocycles. The maximum absolute atomic E-state index is 5.37. The van der Waals surface area contributed by atoms with Crippen molar-refractivity contribution >= 4 is 15.9 Å². The molecule has 0 aromatic heterocycles. The van der Waals surface area contributed by atoms with Crippen molar-refractivity contribution in [2.45, 2.75) is 40.0 Å². The highest BCUT2D eigenvalue weighted by molar-refractivity contribution is 9.09. The Hall–Kier alpha value is 0.440. The van der Waals surface area contributed by atoms with E-state index in [1.807, 2.05) is 6.92 Å². The summed E-state index contributed by atoms with van der Waals surface area (Å²) in [6, 6.07) is 0. The molecule has 0 amide bonds. The van der Waals surface area contributed by atoms with Gasteiger partial charge in [0.05, 0.1) is 0 Å². The lowest BCUT2D eigenvalue weighted by atomic mass is 9.82. The van der Waals surface area contributed by atoms with Gasteiger partial charge < -0.3 is 4.74 Å². The fourth-order valence-corrected chi connectivity index (χ4v) is 2.37. The van der Waals surface area contributed by atoms with Crippen molar-refractivity contribution in [3.63, 3.8) is 0 Å². The van der Waals surface area contributed by atoms with Gasteiger partial charge in [-0.3, -0.25) is 0 Å². The minimum atomic E-state index is 0.467. The number of rotatable bonds is 7. The summed E-state index contributed by atoms with van der Waals surface area (Å²) in [5, 5.41) is 1.10.